The molecule has 1 aromatic carbocycles. The van der Waals surface area contributed by atoms with E-state index in [4.69, 9.17) is 19.9 Å². The van der Waals surface area contributed by atoms with Crippen molar-refractivity contribution in [2.45, 2.75) is 5.92 Å². The lowest BCUT2D eigenvalue weighted by Gasteiger charge is -2.25. The van der Waals surface area contributed by atoms with Crippen molar-refractivity contribution in [1.29, 1.82) is 5.26 Å². The van der Waals surface area contributed by atoms with Gasteiger partial charge in [0.25, 0.3) is 0 Å². The zero-order valence-corrected chi connectivity index (χ0v) is 17.1. The average Bonchev–Trinajstić information content (AvgIpc) is 3.16. The number of pyridine rings is 1. The Morgan fingerprint density at radius 1 is 1.28 bits per heavy atom. The number of hydrogen-bond acceptors (Lipinski definition) is 7. The number of hydrogen-bond donors (Lipinski definition) is 2. The SMILES string of the molecule is COc1cc(Br)c([C@H]2C(C#N)=C(N)Oc3n[nH]c(-c4cccnc4)c32)cc1OC. The summed E-state index contributed by atoms with van der Waals surface area (Å²) in [5.74, 6) is 0.876. The number of nitrogens with one attached hydrogen (secondary N) is 1. The lowest BCUT2D eigenvalue weighted by molar-refractivity contribution is 0.353. The molecule has 8 nitrogen and oxygen atoms in total. The Balaban J connectivity index is 1.99. The Morgan fingerprint density at radius 2 is 2.03 bits per heavy atom. The maximum atomic E-state index is 9.85. The van der Waals surface area contributed by atoms with Crippen LogP contribution in [0.5, 0.6) is 17.4 Å². The van der Waals surface area contributed by atoms with E-state index >= 15 is 0 Å². The van der Waals surface area contributed by atoms with E-state index in [-0.39, 0.29) is 11.5 Å². The summed E-state index contributed by atoms with van der Waals surface area (Å²) in [5.41, 5.74) is 9.29. The van der Waals surface area contributed by atoms with Crippen molar-refractivity contribution >= 4 is 15.9 Å². The Kier molecular flexibility index (Phi) is 4.86. The summed E-state index contributed by atoms with van der Waals surface area (Å²) in [6.45, 7) is 0. The molecule has 4 rings (SSSR count). The number of nitriles is 1. The van der Waals surface area contributed by atoms with Crippen LogP contribution in [0.2, 0.25) is 0 Å². The Hall–Kier alpha value is -3.51. The number of halogens is 1. The number of ether oxygens (including phenoxy) is 3. The molecule has 0 spiro atoms. The Bertz CT molecular complexity index is 1150. The predicted octanol–water partition coefficient (Wildman–Crippen LogP) is 3.47. The van der Waals surface area contributed by atoms with E-state index in [1.54, 1.807) is 32.7 Å². The van der Waals surface area contributed by atoms with Crippen molar-refractivity contribution in [2.75, 3.05) is 14.2 Å². The van der Waals surface area contributed by atoms with Gasteiger partial charge in [-0.2, -0.15) is 5.26 Å². The van der Waals surface area contributed by atoms with Crippen LogP contribution in [0.15, 0.2) is 52.6 Å². The van der Waals surface area contributed by atoms with Crippen LogP contribution in [-0.4, -0.2) is 29.4 Å². The quantitative estimate of drug-likeness (QED) is 0.620. The molecule has 29 heavy (non-hydrogen) atoms. The zero-order valence-electron chi connectivity index (χ0n) is 15.6. The number of nitrogens with zero attached hydrogens (tertiary/aromatic N) is 3. The van der Waals surface area contributed by atoms with Gasteiger partial charge in [-0.15, -0.1) is 5.10 Å². The van der Waals surface area contributed by atoms with Gasteiger partial charge in [-0.1, -0.05) is 15.9 Å². The fourth-order valence-corrected chi connectivity index (χ4v) is 3.93. The largest absolute Gasteiger partial charge is 0.493 e. The molecule has 0 saturated heterocycles. The molecule has 146 valence electrons. The van der Waals surface area contributed by atoms with Crippen LogP contribution in [0.25, 0.3) is 11.3 Å². The van der Waals surface area contributed by atoms with E-state index in [9.17, 15) is 5.26 Å². The second-order valence-electron chi connectivity index (χ2n) is 6.21. The third-order valence-electron chi connectivity index (χ3n) is 4.70. The highest BCUT2D eigenvalue weighted by atomic mass is 79.9. The first-order valence-corrected chi connectivity index (χ1v) is 9.36. The maximum absolute atomic E-state index is 9.85. The van der Waals surface area contributed by atoms with Gasteiger partial charge in [0.15, 0.2) is 11.5 Å². The molecule has 3 N–H and O–H groups in total. The molecule has 0 fully saturated rings. The molecule has 3 heterocycles. The summed E-state index contributed by atoms with van der Waals surface area (Å²) in [6, 6.07) is 9.51. The van der Waals surface area contributed by atoms with E-state index < -0.39 is 5.92 Å². The number of methoxy groups -OCH3 is 2. The van der Waals surface area contributed by atoms with Gasteiger partial charge >= 0.3 is 0 Å². The number of H-pyrrole nitrogens is 1. The molecule has 3 aromatic rings. The minimum absolute atomic E-state index is 0.0101. The number of fused-ring (bicyclic) bond motifs is 1. The number of aromatic amines is 1. The van der Waals surface area contributed by atoms with Crippen LogP contribution in [0, 0.1) is 11.3 Å². The van der Waals surface area contributed by atoms with Gasteiger partial charge in [-0.3, -0.25) is 10.1 Å². The van der Waals surface area contributed by atoms with Crippen molar-refractivity contribution in [2.24, 2.45) is 5.73 Å². The lowest BCUT2D eigenvalue weighted by atomic mass is 9.83. The van der Waals surface area contributed by atoms with Gasteiger partial charge in [0, 0.05) is 22.4 Å². The van der Waals surface area contributed by atoms with Crippen molar-refractivity contribution < 1.29 is 14.2 Å². The summed E-state index contributed by atoms with van der Waals surface area (Å²) < 4.78 is 17.2. The van der Waals surface area contributed by atoms with Crippen LogP contribution in [0.4, 0.5) is 0 Å². The third-order valence-corrected chi connectivity index (χ3v) is 5.39. The molecule has 0 aliphatic carbocycles. The summed E-state index contributed by atoms with van der Waals surface area (Å²) in [6.07, 6.45) is 3.39. The molecule has 1 atom stereocenters. The van der Waals surface area contributed by atoms with Crippen LogP contribution < -0.4 is 19.9 Å². The van der Waals surface area contributed by atoms with E-state index in [0.717, 1.165) is 15.6 Å². The van der Waals surface area contributed by atoms with Crippen LogP contribution in [0.1, 0.15) is 17.0 Å². The molecule has 0 radical (unpaired) electrons. The normalized spacial score (nSPS) is 15.3. The van der Waals surface area contributed by atoms with Crippen molar-refractivity contribution in [3.63, 3.8) is 0 Å². The molecule has 2 aromatic heterocycles. The Labute approximate surface area is 175 Å². The fourth-order valence-electron chi connectivity index (χ4n) is 3.38. The number of nitrogens with two attached hydrogens (primary N) is 1. The molecular formula is C20H16BrN5O3. The summed E-state index contributed by atoms with van der Waals surface area (Å²) in [7, 11) is 3.12. The van der Waals surface area contributed by atoms with Crippen LogP contribution in [0.3, 0.4) is 0 Å². The topological polar surface area (TPSA) is 119 Å². The van der Waals surface area contributed by atoms with E-state index in [1.807, 2.05) is 18.2 Å². The van der Waals surface area contributed by atoms with Crippen LogP contribution in [-0.2, 0) is 0 Å². The monoisotopic (exact) mass is 453 g/mol. The highest BCUT2D eigenvalue weighted by molar-refractivity contribution is 9.10. The van der Waals surface area contributed by atoms with E-state index in [0.29, 0.717) is 28.6 Å². The summed E-state index contributed by atoms with van der Waals surface area (Å²) in [5, 5.41) is 17.1. The lowest BCUT2D eigenvalue weighted by Crippen LogP contribution is -2.21. The van der Waals surface area contributed by atoms with Crippen molar-refractivity contribution in [3.05, 3.63) is 63.7 Å². The van der Waals surface area contributed by atoms with E-state index in [2.05, 4.69) is 37.2 Å². The van der Waals surface area contributed by atoms with Gasteiger partial charge in [0.2, 0.25) is 11.8 Å². The molecule has 0 saturated carbocycles. The first-order valence-electron chi connectivity index (χ1n) is 8.56. The molecule has 1 aliphatic rings. The standard InChI is InChI=1S/C20H16BrN5O3/c1-27-14-6-11(13(21)7-15(14)28-2)16-12(8-22)19(23)29-20-17(16)18(25-26-20)10-4-3-5-24-9-10/h3-7,9,16H,23H2,1-2H3,(H,25,26)/t16-/m0/s1. The zero-order chi connectivity index (χ0) is 20.5. The fraction of sp³-hybridized carbons (Fsp3) is 0.150. The van der Waals surface area contributed by atoms with Gasteiger partial charge < -0.3 is 19.9 Å². The molecule has 9 heteroatoms. The molecule has 0 bridgehead atoms. The van der Waals surface area contributed by atoms with Gasteiger partial charge in [-0.05, 0) is 29.8 Å². The second kappa shape index (κ2) is 7.48. The first kappa shape index (κ1) is 18.8. The summed E-state index contributed by atoms with van der Waals surface area (Å²) >= 11 is 3.59. The number of benzene rings is 1. The highest BCUT2D eigenvalue weighted by Crippen LogP contribution is 2.49. The highest BCUT2D eigenvalue weighted by Gasteiger charge is 2.37. The Morgan fingerprint density at radius 3 is 2.69 bits per heavy atom. The van der Waals surface area contributed by atoms with Crippen molar-refractivity contribution in [3.8, 4) is 34.7 Å². The van der Waals surface area contributed by atoms with Crippen molar-refractivity contribution in [1.82, 2.24) is 15.2 Å². The average molecular weight is 454 g/mol. The number of aromatic nitrogens is 3. The molecule has 0 unspecified atom stereocenters. The van der Waals surface area contributed by atoms with Crippen LogP contribution >= 0.6 is 15.9 Å². The number of allylic oxidation sites excluding steroid dienone is 1. The number of rotatable bonds is 4. The summed E-state index contributed by atoms with van der Waals surface area (Å²) in [4.78, 5) is 4.17. The first-order chi connectivity index (χ1) is 14.1. The van der Waals surface area contributed by atoms with Gasteiger partial charge in [0.1, 0.15) is 11.6 Å². The minimum atomic E-state index is -0.535. The smallest absolute Gasteiger partial charge is 0.244 e. The predicted molar refractivity (Wildman–Crippen MR) is 108 cm³/mol. The molecule has 0 amide bonds. The third kappa shape index (κ3) is 3.07. The molecular weight excluding hydrogens is 438 g/mol. The molecule has 1 aliphatic heterocycles. The van der Waals surface area contributed by atoms with Gasteiger partial charge in [-0.25, -0.2) is 0 Å². The maximum Gasteiger partial charge on any atom is 0.244 e. The second-order valence-corrected chi connectivity index (χ2v) is 7.07. The van der Waals surface area contributed by atoms with Gasteiger partial charge in [0.05, 0.1) is 31.4 Å². The van der Waals surface area contributed by atoms with E-state index in [1.165, 1.54) is 0 Å². The minimum Gasteiger partial charge on any atom is -0.493 e.